The number of likely N-dealkylation sites (tertiary alicyclic amines) is 1. The van der Waals surface area contributed by atoms with Gasteiger partial charge in [-0.15, -0.1) is 11.3 Å². The third-order valence-corrected chi connectivity index (χ3v) is 4.53. The van der Waals surface area contributed by atoms with E-state index in [0.29, 0.717) is 17.8 Å². The van der Waals surface area contributed by atoms with Gasteiger partial charge in [-0.2, -0.15) is 0 Å². The molecular formula is C15H20N2O4S. The van der Waals surface area contributed by atoms with Gasteiger partial charge in [-0.1, -0.05) is 6.07 Å². The predicted molar refractivity (Wildman–Crippen MR) is 82.6 cm³/mol. The highest BCUT2D eigenvalue weighted by Crippen LogP contribution is 2.19. The molecule has 0 radical (unpaired) electrons. The van der Waals surface area contributed by atoms with Gasteiger partial charge in [-0.05, 0) is 30.7 Å². The van der Waals surface area contributed by atoms with Crippen LogP contribution in [-0.4, -0.2) is 48.9 Å². The molecule has 2 rings (SSSR count). The standard InChI is InChI=1S/C15H20N2O4S/c1-21-15(20)11-5-2-3-9-17(11)13(18)7-8-16-14(19)12-6-4-10-22-12/h4,6,10-11H,2-3,5,7-9H2,1H3,(H,16,19). The molecule has 6 nitrogen and oxygen atoms in total. The van der Waals surface area contributed by atoms with E-state index in [1.54, 1.807) is 17.0 Å². The number of rotatable bonds is 5. The van der Waals surface area contributed by atoms with E-state index in [0.717, 1.165) is 12.8 Å². The molecule has 0 aromatic carbocycles. The Kier molecular flexibility index (Phi) is 5.94. The van der Waals surface area contributed by atoms with Gasteiger partial charge in [0.2, 0.25) is 5.91 Å². The van der Waals surface area contributed by atoms with Gasteiger partial charge in [0.15, 0.2) is 0 Å². The third kappa shape index (κ3) is 4.07. The second-order valence-electron chi connectivity index (χ2n) is 5.11. The summed E-state index contributed by atoms with van der Waals surface area (Å²) < 4.78 is 4.76. The molecule has 1 atom stereocenters. The first-order valence-corrected chi connectivity index (χ1v) is 8.20. The number of nitrogens with zero attached hydrogens (tertiary/aromatic N) is 1. The molecule has 120 valence electrons. The third-order valence-electron chi connectivity index (χ3n) is 3.67. The van der Waals surface area contributed by atoms with Crippen molar-refractivity contribution in [3.63, 3.8) is 0 Å². The highest BCUT2D eigenvalue weighted by atomic mass is 32.1. The van der Waals surface area contributed by atoms with Crippen molar-refractivity contribution in [3.8, 4) is 0 Å². The molecule has 2 heterocycles. The van der Waals surface area contributed by atoms with Gasteiger partial charge < -0.3 is 15.0 Å². The van der Waals surface area contributed by atoms with Gasteiger partial charge in [0, 0.05) is 19.5 Å². The number of carbonyl (C=O) groups excluding carboxylic acids is 3. The Labute approximate surface area is 133 Å². The second kappa shape index (κ2) is 7.93. The van der Waals surface area contributed by atoms with Crippen LogP contribution in [0.5, 0.6) is 0 Å². The van der Waals surface area contributed by atoms with E-state index in [4.69, 9.17) is 4.74 Å². The lowest BCUT2D eigenvalue weighted by molar-refractivity contribution is -0.154. The number of hydrogen-bond acceptors (Lipinski definition) is 5. The van der Waals surface area contributed by atoms with Crippen molar-refractivity contribution in [1.29, 1.82) is 0 Å². The molecule has 1 aliphatic rings. The number of esters is 1. The molecule has 0 saturated carbocycles. The molecule has 1 aromatic rings. The van der Waals surface area contributed by atoms with E-state index < -0.39 is 6.04 Å². The zero-order chi connectivity index (χ0) is 15.9. The van der Waals surface area contributed by atoms with Crippen LogP contribution in [0.4, 0.5) is 0 Å². The van der Waals surface area contributed by atoms with E-state index in [-0.39, 0.29) is 30.7 Å². The summed E-state index contributed by atoms with van der Waals surface area (Å²) in [6, 6.07) is 3.05. The highest BCUT2D eigenvalue weighted by molar-refractivity contribution is 7.12. The molecule has 22 heavy (non-hydrogen) atoms. The Morgan fingerprint density at radius 3 is 2.91 bits per heavy atom. The summed E-state index contributed by atoms with van der Waals surface area (Å²) in [6.45, 7) is 0.831. The lowest BCUT2D eigenvalue weighted by atomic mass is 10.0. The number of thiophene rings is 1. The highest BCUT2D eigenvalue weighted by Gasteiger charge is 2.32. The SMILES string of the molecule is COC(=O)C1CCCCN1C(=O)CCNC(=O)c1cccs1. The van der Waals surface area contributed by atoms with Crippen LogP contribution in [-0.2, 0) is 14.3 Å². The van der Waals surface area contributed by atoms with Gasteiger partial charge >= 0.3 is 5.97 Å². The lowest BCUT2D eigenvalue weighted by Crippen LogP contribution is -2.49. The monoisotopic (exact) mass is 324 g/mol. The maximum absolute atomic E-state index is 12.3. The fourth-order valence-corrected chi connectivity index (χ4v) is 3.17. The summed E-state index contributed by atoms with van der Waals surface area (Å²) in [7, 11) is 1.33. The summed E-state index contributed by atoms with van der Waals surface area (Å²) in [4.78, 5) is 38.0. The summed E-state index contributed by atoms with van der Waals surface area (Å²) in [6.07, 6.45) is 2.63. The molecule has 7 heteroatoms. The van der Waals surface area contributed by atoms with Crippen molar-refractivity contribution in [2.75, 3.05) is 20.2 Å². The van der Waals surface area contributed by atoms with Crippen LogP contribution in [0.3, 0.4) is 0 Å². The average molecular weight is 324 g/mol. The molecule has 1 saturated heterocycles. The molecule has 0 aliphatic carbocycles. The average Bonchev–Trinajstić information content (AvgIpc) is 3.08. The summed E-state index contributed by atoms with van der Waals surface area (Å²) in [5.41, 5.74) is 0. The van der Waals surface area contributed by atoms with Gasteiger partial charge in [0.05, 0.1) is 12.0 Å². The van der Waals surface area contributed by atoms with Crippen LogP contribution in [0.25, 0.3) is 0 Å². The molecule has 1 unspecified atom stereocenters. The van der Waals surface area contributed by atoms with E-state index >= 15 is 0 Å². The predicted octanol–water partition coefficient (Wildman–Crippen LogP) is 1.42. The Bertz CT molecular complexity index is 530. The van der Waals surface area contributed by atoms with Crippen molar-refractivity contribution in [3.05, 3.63) is 22.4 Å². The maximum Gasteiger partial charge on any atom is 0.328 e. The zero-order valence-corrected chi connectivity index (χ0v) is 13.4. The van der Waals surface area contributed by atoms with Gasteiger partial charge in [-0.3, -0.25) is 9.59 Å². The quantitative estimate of drug-likeness (QED) is 0.831. The smallest absolute Gasteiger partial charge is 0.328 e. The van der Waals surface area contributed by atoms with Gasteiger partial charge in [0.1, 0.15) is 6.04 Å². The number of hydrogen-bond donors (Lipinski definition) is 1. The molecule has 0 spiro atoms. The number of carbonyl (C=O) groups is 3. The molecular weight excluding hydrogens is 304 g/mol. The van der Waals surface area contributed by atoms with Crippen LogP contribution in [0.15, 0.2) is 17.5 Å². The van der Waals surface area contributed by atoms with Crippen LogP contribution >= 0.6 is 11.3 Å². The number of amides is 2. The van der Waals surface area contributed by atoms with Crippen molar-refractivity contribution < 1.29 is 19.1 Å². The molecule has 1 aliphatic heterocycles. The van der Waals surface area contributed by atoms with Gasteiger partial charge in [-0.25, -0.2) is 4.79 Å². The minimum absolute atomic E-state index is 0.124. The van der Waals surface area contributed by atoms with Crippen molar-refractivity contribution in [2.45, 2.75) is 31.7 Å². The minimum atomic E-state index is -0.487. The Morgan fingerprint density at radius 1 is 1.41 bits per heavy atom. The molecule has 1 aromatic heterocycles. The molecule has 1 fully saturated rings. The second-order valence-corrected chi connectivity index (χ2v) is 6.05. The van der Waals surface area contributed by atoms with Crippen LogP contribution in [0, 0.1) is 0 Å². The van der Waals surface area contributed by atoms with Crippen molar-refractivity contribution in [2.24, 2.45) is 0 Å². The minimum Gasteiger partial charge on any atom is -0.467 e. The fourth-order valence-electron chi connectivity index (χ4n) is 2.53. The summed E-state index contributed by atoms with van der Waals surface area (Å²) in [5.74, 6) is -0.664. The topological polar surface area (TPSA) is 75.7 Å². The number of nitrogens with one attached hydrogen (secondary N) is 1. The Balaban J connectivity index is 1.82. The number of piperidine rings is 1. The Hall–Kier alpha value is -1.89. The fraction of sp³-hybridized carbons (Fsp3) is 0.533. The molecule has 1 N–H and O–H groups in total. The summed E-state index contributed by atoms with van der Waals surface area (Å²) >= 11 is 1.36. The van der Waals surface area contributed by atoms with E-state index in [1.165, 1.54) is 18.4 Å². The Morgan fingerprint density at radius 2 is 2.23 bits per heavy atom. The maximum atomic E-state index is 12.3. The zero-order valence-electron chi connectivity index (χ0n) is 12.5. The molecule has 2 amide bonds. The normalized spacial score (nSPS) is 17.9. The van der Waals surface area contributed by atoms with Gasteiger partial charge in [0.25, 0.3) is 5.91 Å². The lowest BCUT2D eigenvalue weighted by Gasteiger charge is -2.33. The van der Waals surface area contributed by atoms with Crippen molar-refractivity contribution in [1.82, 2.24) is 10.2 Å². The largest absolute Gasteiger partial charge is 0.467 e. The number of ether oxygens (including phenoxy) is 1. The first-order chi connectivity index (χ1) is 10.6. The van der Waals surface area contributed by atoms with E-state index in [2.05, 4.69) is 5.32 Å². The molecule has 0 bridgehead atoms. The van der Waals surface area contributed by atoms with Crippen LogP contribution in [0.1, 0.15) is 35.4 Å². The van der Waals surface area contributed by atoms with Crippen LogP contribution in [0.2, 0.25) is 0 Å². The van der Waals surface area contributed by atoms with E-state index in [9.17, 15) is 14.4 Å². The number of methoxy groups -OCH3 is 1. The van der Waals surface area contributed by atoms with Crippen molar-refractivity contribution >= 4 is 29.1 Å². The first kappa shape index (κ1) is 16.5. The van der Waals surface area contributed by atoms with E-state index in [1.807, 2.05) is 5.38 Å². The summed E-state index contributed by atoms with van der Waals surface area (Å²) in [5, 5.41) is 4.55. The van der Waals surface area contributed by atoms with Crippen LogP contribution < -0.4 is 5.32 Å². The first-order valence-electron chi connectivity index (χ1n) is 7.32.